The Morgan fingerprint density at radius 3 is 2.86 bits per heavy atom. The van der Waals surface area contributed by atoms with Crippen LogP contribution in [-0.4, -0.2) is 12.4 Å². The van der Waals surface area contributed by atoms with Gasteiger partial charge in [-0.2, -0.15) is 0 Å². The number of rotatable bonds is 3. The van der Waals surface area contributed by atoms with Gasteiger partial charge in [-0.05, 0) is 35.9 Å². The van der Waals surface area contributed by atoms with Crippen LogP contribution in [0.3, 0.4) is 0 Å². The van der Waals surface area contributed by atoms with E-state index >= 15 is 0 Å². The van der Waals surface area contributed by atoms with Crippen molar-refractivity contribution in [2.24, 2.45) is 0 Å². The molecule has 1 heterocycles. The monoisotopic (exact) mass is 365 g/mol. The highest BCUT2D eigenvalue weighted by molar-refractivity contribution is 9.10. The number of ketones is 1. The molecular weight excluding hydrogens is 354 g/mol. The Hall–Kier alpha value is -1.52. The lowest BCUT2D eigenvalue weighted by molar-refractivity contribution is 0.0992. The summed E-state index contributed by atoms with van der Waals surface area (Å²) in [4.78, 5) is 12.5. The topological polar surface area (TPSA) is 52.3 Å². The minimum absolute atomic E-state index is 0.0111. The summed E-state index contributed by atoms with van der Waals surface area (Å²) in [5.41, 5.74) is 8.81. The second-order valence-corrected chi connectivity index (χ2v) is 6.38. The molecule has 21 heavy (non-hydrogen) atoms. The van der Waals surface area contributed by atoms with Crippen molar-refractivity contribution in [3.8, 4) is 5.75 Å². The van der Waals surface area contributed by atoms with E-state index in [1.165, 1.54) is 0 Å². The molecule has 0 atom stereocenters. The predicted molar refractivity (Wildman–Crippen MR) is 87.2 cm³/mol. The van der Waals surface area contributed by atoms with Gasteiger partial charge in [0.15, 0.2) is 5.78 Å². The van der Waals surface area contributed by atoms with Crippen LogP contribution in [0.4, 0.5) is 5.69 Å². The van der Waals surface area contributed by atoms with Crippen molar-refractivity contribution in [3.05, 3.63) is 56.5 Å². The van der Waals surface area contributed by atoms with E-state index in [-0.39, 0.29) is 12.2 Å². The van der Waals surface area contributed by atoms with E-state index in [9.17, 15) is 4.79 Å². The van der Waals surface area contributed by atoms with Gasteiger partial charge in [0.25, 0.3) is 0 Å². The zero-order valence-electron chi connectivity index (χ0n) is 11.2. The van der Waals surface area contributed by atoms with Crippen LogP contribution in [0.25, 0.3) is 0 Å². The number of carbonyl (C=O) groups excluding carboxylic acids is 1. The summed E-state index contributed by atoms with van der Waals surface area (Å²) in [7, 11) is 0. The molecule has 5 heteroatoms. The van der Waals surface area contributed by atoms with E-state index in [0.717, 1.165) is 27.8 Å². The molecule has 3 nitrogen and oxygen atoms in total. The van der Waals surface area contributed by atoms with Gasteiger partial charge in [-0.1, -0.05) is 27.5 Å². The van der Waals surface area contributed by atoms with E-state index in [2.05, 4.69) is 15.9 Å². The zero-order valence-corrected chi connectivity index (χ0v) is 13.5. The first-order valence-corrected chi connectivity index (χ1v) is 7.73. The number of benzene rings is 2. The summed E-state index contributed by atoms with van der Waals surface area (Å²) >= 11 is 9.46. The van der Waals surface area contributed by atoms with E-state index in [1.54, 1.807) is 24.3 Å². The van der Waals surface area contributed by atoms with Gasteiger partial charge < -0.3 is 10.5 Å². The number of halogens is 2. The van der Waals surface area contributed by atoms with Gasteiger partial charge in [0.2, 0.25) is 0 Å². The van der Waals surface area contributed by atoms with E-state index < -0.39 is 0 Å². The van der Waals surface area contributed by atoms with Crippen molar-refractivity contribution >= 4 is 39.0 Å². The first-order chi connectivity index (χ1) is 10.0. The second-order valence-electron chi connectivity index (χ2n) is 5.02. The molecular formula is C16H13BrClNO2. The average Bonchev–Trinajstić information content (AvgIpc) is 2.85. The molecule has 2 N–H and O–H groups in total. The van der Waals surface area contributed by atoms with Gasteiger partial charge >= 0.3 is 0 Å². The predicted octanol–water partition coefficient (Wildman–Crippen LogP) is 4.05. The molecule has 0 fully saturated rings. The Morgan fingerprint density at radius 2 is 2.10 bits per heavy atom. The van der Waals surface area contributed by atoms with Crippen molar-refractivity contribution in [1.29, 1.82) is 0 Å². The molecule has 1 aliphatic heterocycles. The summed E-state index contributed by atoms with van der Waals surface area (Å²) < 4.78 is 6.41. The first-order valence-electron chi connectivity index (χ1n) is 6.56. The Labute approximate surface area is 136 Å². The third-order valence-corrected chi connectivity index (χ3v) is 4.09. The number of fused-ring (bicyclic) bond motifs is 1. The fourth-order valence-electron chi connectivity index (χ4n) is 2.53. The Kier molecular flexibility index (Phi) is 3.91. The van der Waals surface area contributed by atoms with Crippen LogP contribution in [-0.2, 0) is 12.8 Å². The highest BCUT2D eigenvalue weighted by atomic mass is 79.9. The fraction of sp³-hybridized carbons (Fsp3) is 0.188. The van der Waals surface area contributed by atoms with Gasteiger partial charge in [-0.25, -0.2) is 0 Å². The Morgan fingerprint density at radius 1 is 1.29 bits per heavy atom. The smallest absolute Gasteiger partial charge is 0.167 e. The van der Waals surface area contributed by atoms with Gasteiger partial charge in [0.1, 0.15) is 5.75 Å². The van der Waals surface area contributed by atoms with Crippen molar-refractivity contribution in [3.63, 3.8) is 0 Å². The van der Waals surface area contributed by atoms with E-state index in [1.807, 2.05) is 6.07 Å². The highest BCUT2D eigenvalue weighted by Crippen LogP contribution is 2.33. The van der Waals surface area contributed by atoms with E-state index in [4.69, 9.17) is 22.1 Å². The third kappa shape index (κ3) is 3.06. The minimum atomic E-state index is -0.0111. The Balaban J connectivity index is 1.92. The standard InChI is InChI=1S/C16H13BrClNO2/c17-12-3-10(6-14(19)8-12)15(20)7-11-5-13(18)4-9-1-2-21-16(9)11/h3-6,8H,1-2,7,19H2. The van der Waals surface area contributed by atoms with Crippen LogP contribution >= 0.6 is 27.5 Å². The molecule has 0 radical (unpaired) electrons. The number of carbonyl (C=O) groups is 1. The molecule has 0 unspecified atom stereocenters. The van der Waals surface area contributed by atoms with Crippen molar-refractivity contribution in [1.82, 2.24) is 0 Å². The summed E-state index contributed by atoms with van der Waals surface area (Å²) in [6, 6.07) is 8.90. The van der Waals surface area contributed by atoms with Gasteiger partial charge in [0, 0.05) is 39.2 Å². The minimum Gasteiger partial charge on any atom is -0.493 e. The van der Waals surface area contributed by atoms with Crippen LogP contribution in [0.5, 0.6) is 5.75 Å². The number of Topliss-reactive ketones (excluding diaryl/α,β-unsaturated/α-hetero) is 1. The lowest BCUT2D eigenvalue weighted by Crippen LogP contribution is -2.06. The van der Waals surface area contributed by atoms with Crippen molar-refractivity contribution in [2.45, 2.75) is 12.8 Å². The maximum atomic E-state index is 12.5. The number of nitrogens with two attached hydrogens (primary N) is 1. The van der Waals surface area contributed by atoms with Gasteiger partial charge in [0.05, 0.1) is 6.61 Å². The molecule has 3 rings (SSSR count). The average molecular weight is 367 g/mol. The lowest BCUT2D eigenvalue weighted by Gasteiger charge is -2.09. The lowest BCUT2D eigenvalue weighted by atomic mass is 9.99. The molecule has 2 aromatic rings. The summed E-state index contributed by atoms with van der Waals surface area (Å²) in [5, 5.41) is 0.635. The largest absolute Gasteiger partial charge is 0.493 e. The number of hydrogen-bond acceptors (Lipinski definition) is 3. The maximum absolute atomic E-state index is 12.5. The first kappa shape index (κ1) is 14.4. The molecule has 2 aromatic carbocycles. The summed E-state index contributed by atoms with van der Waals surface area (Å²) in [5.74, 6) is 0.790. The molecule has 0 spiro atoms. The number of nitrogen functional groups attached to an aromatic ring is 1. The van der Waals surface area contributed by atoms with Crippen LogP contribution in [0.1, 0.15) is 21.5 Å². The SMILES string of the molecule is Nc1cc(Br)cc(C(=O)Cc2cc(Cl)cc3c2OCC3)c1. The summed E-state index contributed by atoms with van der Waals surface area (Å²) in [6.45, 7) is 0.640. The van der Waals surface area contributed by atoms with Crippen LogP contribution in [0.2, 0.25) is 5.02 Å². The second kappa shape index (κ2) is 5.70. The van der Waals surface area contributed by atoms with Crippen LogP contribution in [0.15, 0.2) is 34.8 Å². The fourth-order valence-corrected chi connectivity index (χ4v) is 3.30. The molecule has 0 amide bonds. The zero-order chi connectivity index (χ0) is 15.0. The molecule has 0 saturated heterocycles. The molecule has 0 aromatic heterocycles. The number of hydrogen-bond donors (Lipinski definition) is 1. The Bertz CT molecular complexity index is 710. The van der Waals surface area contributed by atoms with Gasteiger partial charge in [-0.3, -0.25) is 4.79 Å². The quantitative estimate of drug-likeness (QED) is 0.659. The number of anilines is 1. The number of ether oxygens (including phenoxy) is 1. The van der Waals surface area contributed by atoms with Gasteiger partial charge in [-0.15, -0.1) is 0 Å². The van der Waals surface area contributed by atoms with E-state index in [0.29, 0.717) is 22.9 Å². The summed E-state index contributed by atoms with van der Waals surface area (Å²) in [6.07, 6.45) is 1.08. The molecule has 0 aliphatic carbocycles. The van der Waals surface area contributed by atoms with Crippen LogP contribution < -0.4 is 10.5 Å². The van der Waals surface area contributed by atoms with Crippen molar-refractivity contribution in [2.75, 3.05) is 12.3 Å². The third-order valence-electron chi connectivity index (χ3n) is 3.42. The molecule has 0 bridgehead atoms. The molecule has 0 saturated carbocycles. The van der Waals surface area contributed by atoms with Crippen molar-refractivity contribution < 1.29 is 9.53 Å². The van der Waals surface area contributed by atoms with Crippen LogP contribution in [0, 0.1) is 0 Å². The normalized spacial score (nSPS) is 12.9. The maximum Gasteiger partial charge on any atom is 0.167 e. The highest BCUT2D eigenvalue weighted by Gasteiger charge is 2.20. The molecule has 1 aliphatic rings. The molecule has 108 valence electrons.